The molecule has 88 valence electrons. The minimum Gasteiger partial charge on any atom is -0.473 e. The summed E-state index contributed by atoms with van der Waals surface area (Å²) in [6.45, 7) is 2.11. The number of hydrogen-bond donors (Lipinski definition) is 0. The zero-order valence-electron chi connectivity index (χ0n) is 8.99. The summed E-state index contributed by atoms with van der Waals surface area (Å²) in [5.74, 6) is 0.537. The second-order valence-electron chi connectivity index (χ2n) is 3.91. The summed E-state index contributed by atoms with van der Waals surface area (Å²) in [7, 11) is 2.12. The van der Waals surface area contributed by atoms with Gasteiger partial charge in [-0.3, -0.25) is 0 Å². The van der Waals surface area contributed by atoms with Crippen LogP contribution in [0.2, 0.25) is 5.28 Å². The van der Waals surface area contributed by atoms with Crippen molar-refractivity contribution in [2.75, 3.05) is 20.1 Å². The van der Waals surface area contributed by atoms with Crippen LogP contribution in [0.25, 0.3) is 0 Å². The van der Waals surface area contributed by atoms with Crippen molar-refractivity contribution in [1.29, 1.82) is 0 Å². The van der Waals surface area contributed by atoms with Gasteiger partial charge in [-0.1, -0.05) is 0 Å². The Morgan fingerprint density at radius 1 is 1.50 bits per heavy atom. The predicted molar refractivity (Wildman–Crippen MR) is 65.9 cm³/mol. The van der Waals surface area contributed by atoms with E-state index in [9.17, 15) is 0 Å². The fourth-order valence-corrected chi connectivity index (χ4v) is 2.08. The van der Waals surface area contributed by atoms with Crippen molar-refractivity contribution in [3.63, 3.8) is 0 Å². The normalized spacial score (nSPS) is 18.7. The third kappa shape index (κ3) is 3.06. The molecule has 1 saturated heterocycles. The molecule has 6 heteroatoms. The number of aromatic nitrogens is 2. The molecule has 1 aliphatic rings. The van der Waals surface area contributed by atoms with Crippen LogP contribution in [0.5, 0.6) is 5.88 Å². The molecule has 1 aromatic rings. The third-order valence-corrected chi connectivity index (χ3v) is 3.35. The van der Waals surface area contributed by atoms with E-state index in [2.05, 4.69) is 37.8 Å². The molecule has 2 rings (SSSR count). The number of nitrogens with zero attached hydrogens (tertiary/aromatic N) is 3. The first-order valence-electron chi connectivity index (χ1n) is 5.18. The van der Waals surface area contributed by atoms with Crippen LogP contribution in [0.15, 0.2) is 10.7 Å². The molecule has 0 saturated carbocycles. The average Bonchev–Trinajstić information content (AvgIpc) is 2.27. The standard InChI is InChI=1S/C10H13BrClN3O/c1-15-4-2-7(3-5-15)16-9-8(11)6-13-10(12)14-9/h6-7H,2-5H2,1H3. The van der Waals surface area contributed by atoms with Gasteiger partial charge in [-0.25, -0.2) is 4.98 Å². The Bertz CT molecular complexity index is 369. The third-order valence-electron chi connectivity index (χ3n) is 2.63. The molecule has 0 aromatic carbocycles. The molecule has 0 atom stereocenters. The van der Waals surface area contributed by atoms with Crippen LogP contribution in [0.1, 0.15) is 12.8 Å². The first-order valence-corrected chi connectivity index (χ1v) is 6.35. The zero-order chi connectivity index (χ0) is 11.5. The van der Waals surface area contributed by atoms with Gasteiger partial charge in [0.15, 0.2) is 0 Å². The summed E-state index contributed by atoms with van der Waals surface area (Å²) in [5.41, 5.74) is 0. The number of piperidine rings is 1. The highest BCUT2D eigenvalue weighted by Crippen LogP contribution is 2.25. The maximum Gasteiger partial charge on any atom is 0.232 e. The second kappa shape index (κ2) is 5.29. The summed E-state index contributed by atoms with van der Waals surface area (Å²) < 4.78 is 6.55. The summed E-state index contributed by atoms with van der Waals surface area (Å²) in [6.07, 6.45) is 3.87. The molecular formula is C10H13BrClN3O. The van der Waals surface area contributed by atoms with Gasteiger partial charge in [0.05, 0.1) is 4.47 Å². The van der Waals surface area contributed by atoms with E-state index in [-0.39, 0.29) is 11.4 Å². The largest absolute Gasteiger partial charge is 0.473 e. The summed E-state index contributed by atoms with van der Waals surface area (Å²) >= 11 is 9.08. The minimum atomic E-state index is 0.214. The van der Waals surface area contributed by atoms with E-state index in [1.54, 1.807) is 6.20 Å². The Morgan fingerprint density at radius 3 is 2.88 bits per heavy atom. The lowest BCUT2D eigenvalue weighted by atomic mass is 10.1. The summed E-state index contributed by atoms with van der Waals surface area (Å²) in [4.78, 5) is 10.2. The van der Waals surface area contributed by atoms with Crippen LogP contribution >= 0.6 is 27.5 Å². The highest BCUT2D eigenvalue weighted by atomic mass is 79.9. The number of likely N-dealkylation sites (tertiary alicyclic amines) is 1. The lowest BCUT2D eigenvalue weighted by Crippen LogP contribution is -2.35. The van der Waals surface area contributed by atoms with Gasteiger partial charge in [0.2, 0.25) is 11.2 Å². The summed E-state index contributed by atoms with van der Waals surface area (Å²) in [6, 6.07) is 0. The quantitative estimate of drug-likeness (QED) is 0.786. The van der Waals surface area contributed by atoms with Gasteiger partial charge < -0.3 is 9.64 Å². The van der Waals surface area contributed by atoms with E-state index in [0.29, 0.717) is 5.88 Å². The maximum absolute atomic E-state index is 5.81. The van der Waals surface area contributed by atoms with E-state index in [1.807, 2.05) is 0 Å². The molecule has 0 unspecified atom stereocenters. The zero-order valence-corrected chi connectivity index (χ0v) is 11.3. The Morgan fingerprint density at radius 2 is 2.19 bits per heavy atom. The van der Waals surface area contributed by atoms with Crippen LogP contribution in [-0.4, -0.2) is 41.1 Å². The van der Waals surface area contributed by atoms with Gasteiger partial charge in [-0.05, 0) is 47.4 Å². The Kier molecular flexibility index (Phi) is 4.00. The van der Waals surface area contributed by atoms with E-state index in [1.165, 1.54) is 0 Å². The number of ether oxygens (including phenoxy) is 1. The number of halogens is 2. The molecule has 16 heavy (non-hydrogen) atoms. The summed E-state index contributed by atoms with van der Waals surface area (Å²) in [5, 5.41) is 0.214. The van der Waals surface area contributed by atoms with Gasteiger partial charge >= 0.3 is 0 Å². The van der Waals surface area contributed by atoms with Crippen LogP contribution < -0.4 is 4.74 Å². The van der Waals surface area contributed by atoms with Crippen LogP contribution in [-0.2, 0) is 0 Å². The van der Waals surface area contributed by atoms with Crippen molar-refractivity contribution < 1.29 is 4.74 Å². The van der Waals surface area contributed by atoms with Gasteiger partial charge in [0.25, 0.3) is 0 Å². The molecule has 2 heterocycles. The van der Waals surface area contributed by atoms with E-state index >= 15 is 0 Å². The van der Waals surface area contributed by atoms with Crippen molar-refractivity contribution in [1.82, 2.24) is 14.9 Å². The fourth-order valence-electron chi connectivity index (χ4n) is 1.67. The minimum absolute atomic E-state index is 0.214. The van der Waals surface area contributed by atoms with Crippen LogP contribution in [0, 0.1) is 0 Å². The molecule has 1 aromatic heterocycles. The SMILES string of the molecule is CN1CCC(Oc2nc(Cl)ncc2Br)CC1. The van der Waals surface area contributed by atoms with Gasteiger partial charge in [-0.15, -0.1) is 0 Å². The van der Waals surface area contributed by atoms with E-state index < -0.39 is 0 Å². The Balaban J connectivity index is 2.00. The van der Waals surface area contributed by atoms with Crippen molar-refractivity contribution >= 4 is 27.5 Å². The monoisotopic (exact) mass is 305 g/mol. The van der Waals surface area contributed by atoms with Gasteiger partial charge in [0.1, 0.15) is 6.10 Å². The first kappa shape index (κ1) is 12.1. The second-order valence-corrected chi connectivity index (χ2v) is 5.11. The maximum atomic E-state index is 5.81. The molecule has 0 bridgehead atoms. The lowest BCUT2D eigenvalue weighted by Gasteiger charge is -2.29. The van der Waals surface area contributed by atoms with Crippen molar-refractivity contribution in [2.45, 2.75) is 18.9 Å². The Labute approximate surface area is 108 Å². The highest BCUT2D eigenvalue weighted by Gasteiger charge is 2.19. The van der Waals surface area contributed by atoms with Crippen molar-refractivity contribution in [3.05, 3.63) is 16.0 Å². The van der Waals surface area contributed by atoms with Gasteiger partial charge in [0, 0.05) is 19.3 Å². The van der Waals surface area contributed by atoms with Crippen molar-refractivity contribution in [2.24, 2.45) is 0 Å². The molecule has 0 radical (unpaired) electrons. The lowest BCUT2D eigenvalue weighted by molar-refractivity contribution is 0.109. The molecule has 0 spiro atoms. The molecule has 4 nitrogen and oxygen atoms in total. The van der Waals surface area contributed by atoms with E-state index in [4.69, 9.17) is 16.3 Å². The van der Waals surface area contributed by atoms with Crippen LogP contribution in [0.3, 0.4) is 0 Å². The van der Waals surface area contributed by atoms with Gasteiger partial charge in [-0.2, -0.15) is 4.98 Å². The molecule has 0 aliphatic carbocycles. The van der Waals surface area contributed by atoms with E-state index in [0.717, 1.165) is 30.4 Å². The molecule has 1 fully saturated rings. The Hall–Kier alpha value is -0.390. The smallest absolute Gasteiger partial charge is 0.232 e. The fraction of sp³-hybridized carbons (Fsp3) is 0.600. The topological polar surface area (TPSA) is 38.2 Å². The number of hydrogen-bond acceptors (Lipinski definition) is 4. The van der Waals surface area contributed by atoms with Crippen LogP contribution in [0.4, 0.5) is 0 Å². The molecule has 1 aliphatic heterocycles. The molecule has 0 N–H and O–H groups in total. The predicted octanol–water partition coefficient (Wildman–Crippen LogP) is 2.37. The average molecular weight is 307 g/mol. The van der Waals surface area contributed by atoms with Crippen molar-refractivity contribution in [3.8, 4) is 5.88 Å². The molecular weight excluding hydrogens is 293 g/mol. The first-order chi connectivity index (χ1) is 7.65. The molecule has 0 amide bonds. The number of rotatable bonds is 2. The highest BCUT2D eigenvalue weighted by molar-refractivity contribution is 9.10.